The van der Waals surface area contributed by atoms with Crippen LogP contribution in [0.3, 0.4) is 0 Å². The van der Waals surface area contributed by atoms with Gasteiger partial charge in [-0.3, -0.25) is 4.68 Å². The maximum atomic E-state index is 5.92. The van der Waals surface area contributed by atoms with Gasteiger partial charge in [0.1, 0.15) is 11.6 Å². The zero-order valence-electron chi connectivity index (χ0n) is 17.9. The molecule has 0 amide bonds. The summed E-state index contributed by atoms with van der Waals surface area (Å²) in [6, 6.07) is 3.92. The summed E-state index contributed by atoms with van der Waals surface area (Å²) in [6.07, 6.45) is 3.97. The molecule has 4 rings (SSSR count). The molecule has 3 aromatic heterocycles. The molecule has 8 heteroatoms. The van der Waals surface area contributed by atoms with Gasteiger partial charge in [0.15, 0.2) is 5.65 Å². The van der Waals surface area contributed by atoms with Crippen LogP contribution in [0.2, 0.25) is 0 Å². The lowest BCUT2D eigenvalue weighted by molar-refractivity contribution is 0.213. The van der Waals surface area contributed by atoms with Gasteiger partial charge in [0, 0.05) is 31.6 Å². The van der Waals surface area contributed by atoms with Gasteiger partial charge in [-0.2, -0.15) is 10.2 Å². The minimum Gasteiger partial charge on any atom is -0.476 e. The summed E-state index contributed by atoms with van der Waals surface area (Å²) in [5, 5.41) is 13.9. The van der Waals surface area contributed by atoms with E-state index in [1.165, 1.54) is 0 Å². The predicted molar refractivity (Wildman–Crippen MR) is 112 cm³/mol. The summed E-state index contributed by atoms with van der Waals surface area (Å²) >= 11 is 0. The molecule has 8 nitrogen and oxygen atoms in total. The first kappa shape index (κ1) is 19.5. The lowest BCUT2D eigenvalue weighted by atomic mass is 9.92. The summed E-state index contributed by atoms with van der Waals surface area (Å²) < 4.78 is 7.72. The number of rotatable bonds is 4. The predicted octanol–water partition coefficient (Wildman–Crippen LogP) is 3.05. The summed E-state index contributed by atoms with van der Waals surface area (Å²) in [5.41, 5.74) is 1.85. The van der Waals surface area contributed by atoms with E-state index in [4.69, 9.17) is 9.72 Å². The van der Waals surface area contributed by atoms with Gasteiger partial charge in [-0.1, -0.05) is 20.8 Å². The van der Waals surface area contributed by atoms with Crippen molar-refractivity contribution in [2.45, 2.75) is 46.0 Å². The number of hydrogen-bond donors (Lipinski definition) is 0. The fourth-order valence-electron chi connectivity index (χ4n) is 3.67. The highest BCUT2D eigenvalue weighted by atomic mass is 16.5. The average Bonchev–Trinajstić information content (AvgIpc) is 3.06. The molecule has 1 aliphatic rings. The standard InChI is InChI=1S/C21H29N7O/c1-14-23-19-16(12-22-27(19)5)20(24-14)28-10-8-15(9-11-28)13-29-18-7-6-17(25-26-18)21(2,3)4/h6-7,12,15H,8-11,13H2,1-5H3. The molecule has 0 radical (unpaired) electrons. The number of ether oxygens (including phenoxy) is 1. The van der Waals surface area contributed by atoms with Crippen molar-refractivity contribution >= 4 is 16.9 Å². The highest BCUT2D eigenvalue weighted by molar-refractivity contribution is 5.87. The van der Waals surface area contributed by atoms with Crippen molar-refractivity contribution in [1.29, 1.82) is 0 Å². The van der Waals surface area contributed by atoms with Gasteiger partial charge >= 0.3 is 0 Å². The average molecular weight is 396 g/mol. The summed E-state index contributed by atoms with van der Waals surface area (Å²) in [4.78, 5) is 11.6. The number of aromatic nitrogens is 6. The molecule has 4 heterocycles. The Bertz CT molecular complexity index is 983. The minimum absolute atomic E-state index is 0.00258. The van der Waals surface area contributed by atoms with Crippen LogP contribution in [0.4, 0.5) is 5.82 Å². The second-order valence-electron chi connectivity index (χ2n) is 8.85. The number of aryl methyl sites for hydroxylation is 2. The fourth-order valence-corrected chi connectivity index (χ4v) is 3.67. The second kappa shape index (κ2) is 7.57. The van der Waals surface area contributed by atoms with Gasteiger partial charge in [0.2, 0.25) is 5.88 Å². The van der Waals surface area contributed by atoms with Gasteiger partial charge in [0.25, 0.3) is 0 Å². The molecule has 0 bridgehead atoms. The molecule has 0 spiro atoms. The maximum absolute atomic E-state index is 5.92. The Morgan fingerprint density at radius 3 is 2.52 bits per heavy atom. The third kappa shape index (κ3) is 4.16. The molecule has 1 fully saturated rings. The largest absolute Gasteiger partial charge is 0.476 e. The van der Waals surface area contributed by atoms with Gasteiger partial charge in [-0.05, 0) is 31.7 Å². The van der Waals surface area contributed by atoms with Gasteiger partial charge < -0.3 is 9.64 Å². The van der Waals surface area contributed by atoms with Crippen molar-refractivity contribution in [2.75, 3.05) is 24.6 Å². The Morgan fingerprint density at radius 2 is 1.86 bits per heavy atom. The lowest BCUT2D eigenvalue weighted by Crippen LogP contribution is -2.36. The van der Waals surface area contributed by atoms with E-state index in [0.29, 0.717) is 18.4 Å². The highest BCUT2D eigenvalue weighted by Gasteiger charge is 2.24. The Morgan fingerprint density at radius 1 is 1.10 bits per heavy atom. The molecule has 3 aromatic rings. The monoisotopic (exact) mass is 395 g/mol. The minimum atomic E-state index is -0.00258. The molecular weight excluding hydrogens is 366 g/mol. The first-order valence-electron chi connectivity index (χ1n) is 10.2. The van der Waals surface area contributed by atoms with Crippen molar-refractivity contribution in [3.8, 4) is 5.88 Å². The fraction of sp³-hybridized carbons (Fsp3) is 0.571. The number of hydrogen-bond acceptors (Lipinski definition) is 7. The van der Waals surface area contributed by atoms with E-state index in [0.717, 1.165) is 54.3 Å². The molecule has 0 aliphatic carbocycles. The first-order chi connectivity index (χ1) is 13.8. The zero-order chi connectivity index (χ0) is 20.6. The van der Waals surface area contributed by atoms with Crippen LogP contribution in [0.5, 0.6) is 5.88 Å². The van der Waals surface area contributed by atoms with Gasteiger partial charge in [-0.15, -0.1) is 5.10 Å². The van der Waals surface area contributed by atoms with E-state index in [1.54, 1.807) is 4.68 Å². The van der Waals surface area contributed by atoms with Crippen molar-refractivity contribution < 1.29 is 4.74 Å². The van der Waals surface area contributed by atoms with E-state index in [-0.39, 0.29) is 5.41 Å². The number of anilines is 1. The first-order valence-corrected chi connectivity index (χ1v) is 10.2. The molecule has 0 atom stereocenters. The van der Waals surface area contributed by atoms with Crippen molar-refractivity contribution in [2.24, 2.45) is 13.0 Å². The van der Waals surface area contributed by atoms with E-state index in [2.05, 4.69) is 46.0 Å². The van der Waals surface area contributed by atoms with Crippen LogP contribution in [-0.2, 0) is 12.5 Å². The third-order valence-corrected chi connectivity index (χ3v) is 5.47. The summed E-state index contributed by atoms with van der Waals surface area (Å²) in [7, 11) is 1.92. The Balaban J connectivity index is 1.36. The third-order valence-electron chi connectivity index (χ3n) is 5.47. The summed E-state index contributed by atoms with van der Waals surface area (Å²) in [6.45, 7) is 10.9. The molecule has 0 unspecified atom stereocenters. The van der Waals surface area contributed by atoms with Crippen LogP contribution in [0.1, 0.15) is 45.1 Å². The highest BCUT2D eigenvalue weighted by Crippen LogP contribution is 2.28. The topological polar surface area (TPSA) is 81.9 Å². The molecule has 0 N–H and O–H groups in total. The normalized spacial score (nSPS) is 15.8. The Hall–Kier alpha value is -2.77. The molecule has 0 saturated carbocycles. The lowest BCUT2D eigenvalue weighted by Gasteiger charge is -2.32. The Kier molecular flexibility index (Phi) is 5.10. The zero-order valence-corrected chi connectivity index (χ0v) is 17.9. The number of fused-ring (bicyclic) bond motifs is 1. The number of piperidine rings is 1. The smallest absolute Gasteiger partial charge is 0.233 e. The summed E-state index contributed by atoms with van der Waals surface area (Å²) in [5.74, 6) is 2.87. The van der Waals surface area contributed by atoms with E-state index >= 15 is 0 Å². The van der Waals surface area contributed by atoms with Crippen LogP contribution in [-0.4, -0.2) is 49.6 Å². The molecular formula is C21H29N7O. The van der Waals surface area contributed by atoms with E-state index < -0.39 is 0 Å². The van der Waals surface area contributed by atoms with Crippen molar-refractivity contribution in [3.05, 3.63) is 29.8 Å². The van der Waals surface area contributed by atoms with Gasteiger partial charge in [0.05, 0.1) is 23.9 Å². The van der Waals surface area contributed by atoms with Crippen molar-refractivity contribution in [1.82, 2.24) is 29.9 Å². The molecule has 154 valence electrons. The Labute approximate surface area is 171 Å². The van der Waals surface area contributed by atoms with Crippen molar-refractivity contribution in [3.63, 3.8) is 0 Å². The SMILES string of the molecule is Cc1nc(N2CCC(COc3ccc(C(C)(C)C)nn3)CC2)c2cnn(C)c2n1. The molecule has 0 aromatic carbocycles. The van der Waals surface area contributed by atoms with E-state index in [1.807, 2.05) is 32.3 Å². The maximum Gasteiger partial charge on any atom is 0.233 e. The second-order valence-corrected chi connectivity index (χ2v) is 8.85. The van der Waals surface area contributed by atoms with Crippen LogP contribution >= 0.6 is 0 Å². The van der Waals surface area contributed by atoms with Crippen LogP contribution in [0.25, 0.3) is 11.0 Å². The molecule has 29 heavy (non-hydrogen) atoms. The quantitative estimate of drug-likeness (QED) is 0.671. The van der Waals surface area contributed by atoms with Gasteiger partial charge in [-0.25, -0.2) is 9.97 Å². The van der Waals surface area contributed by atoms with Crippen LogP contribution < -0.4 is 9.64 Å². The molecule has 1 saturated heterocycles. The number of nitrogens with zero attached hydrogens (tertiary/aromatic N) is 7. The van der Waals surface area contributed by atoms with E-state index in [9.17, 15) is 0 Å². The van der Waals surface area contributed by atoms with Crippen LogP contribution in [0, 0.1) is 12.8 Å². The van der Waals surface area contributed by atoms with Crippen LogP contribution in [0.15, 0.2) is 18.3 Å². The molecule has 1 aliphatic heterocycles.